The first kappa shape index (κ1) is 15.6. The molecule has 0 spiro atoms. The Hall–Kier alpha value is -1.82. The molecule has 0 aliphatic heterocycles. The van der Waals surface area contributed by atoms with Gasteiger partial charge in [-0.05, 0) is 19.4 Å². The molecule has 1 amide bonds. The van der Waals surface area contributed by atoms with E-state index >= 15 is 0 Å². The van der Waals surface area contributed by atoms with Crippen LogP contribution in [0.1, 0.15) is 17.0 Å². The smallest absolute Gasteiger partial charge is 0.233 e. The van der Waals surface area contributed by atoms with Crippen LogP contribution in [-0.2, 0) is 18.4 Å². The van der Waals surface area contributed by atoms with Gasteiger partial charge in [0.1, 0.15) is 5.82 Å². The van der Waals surface area contributed by atoms with Crippen LogP contribution in [-0.4, -0.2) is 38.4 Å². The van der Waals surface area contributed by atoms with E-state index in [4.69, 9.17) is 0 Å². The molecule has 6 heteroatoms. The number of carbonyl (C=O) groups excluding carboxylic acids is 1. The third-order valence-corrected chi connectivity index (χ3v) is 4.35. The number of hydrogen-bond donors (Lipinski definition) is 0. The lowest BCUT2D eigenvalue weighted by Crippen LogP contribution is -2.27. The lowest BCUT2D eigenvalue weighted by Gasteiger charge is -2.17. The van der Waals surface area contributed by atoms with Crippen molar-refractivity contribution in [3.05, 3.63) is 41.2 Å². The molecule has 0 radical (unpaired) electrons. The number of benzene rings is 1. The molecule has 0 aliphatic carbocycles. The highest BCUT2D eigenvalue weighted by Gasteiger charge is 2.12. The zero-order valence-corrected chi connectivity index (χ0v) is 13.6. The van der Waals surface area contributed by atoms with Crippen LogP contribution in [0.15, 0.2) is 29.4 Å². The lowest BCUT2D eigenvalue weighted by atomic mass is 10.1. The Kier molecular flexibility index (Phi) is 5.01. The number of hydrogen-bond acceptors (Lipinski definition) is 4. The molecule has 0 unspecified atom stereocenters. The van der Waals surface area contributed by atoms with Crippen molar-refractivity contribution in [2.75, 3.05) is 12.8 Å². The van der Waals surface area contributed by atoms with Gasteiger partial charge in [-0.3, -0.25) is 4.79 Å². The molecule has 0 aliphatic rings. The van der Waals surface area contributed by atoms with Gasteiger partial charge in [-0.2, -0.15) is 0 Å². The number of nitrogens with zero attached hydrogens (tertiary/aromatic N) is 4. The largest absolute Gasteiger partial charge is 0.341 e. The highest BCUT2D eigenvalue weighted by atomic mass is 32.2. The molecular weight excluding hydrogens is 284 g/mol. The summed E-state index contributed by atoms with van der Waals surface area (Å²) in [6.07, 6.45) is 0. The minimum absolute atomic E-state index is 0.0845. The van der Waals surface area contributed by atoms with Gasteiger partial charge < -0.3 is 9.47 Å². The molecule has 2 aromatic rings. The molecule has 0 saturated carbocycles. The average Bonchev–Trinajstić information content (AvgIpc) is 2.78. The molecule has 1 aromatic carbocycles. The van der Waals surface area contributed by atoms with Crippen molar-refractivity contribution in [2.45, 2.75) is 25.5 Å². The Bertz CT molecular complexity index is 621. The van der Waals surface area contributed by atoms with E-state index in [-0.39, 0.29) is 5.91 Å². The van der Waals surface area contributed by atoms with E-state index < -0.39 is 0 Å². The van der Waals surface area contributed by atoms with Crippen LogP contribution in [0.3, 0.4) is 0 Å². The van der Waals surface area contributed by atoms with Gasteiger partial charge in [0.15, 0.2) is 5.16 Å². The van der Waals surface area contributed by atoms with E-state index in [2.05, 4.69) is 41.4 Å². The summed E-state index contributed by atoms with van der Waals surface area (Å²) in [5.74, 6) is 1.30. The SMILES string of the molecule is Cc1ccc(CN(C)C(=O)CSc2nnc(C)n2C)cc1. The van der Waals surface area contributed by atoms with Crippen molar-refractivity contribution in [3.63, 3.8) is 0 Å². The van der Waals surface area contributed by atoms with E-state index in [0.717, 1.165) is 16.5 Å². The van der Waals surface area contributed by atoms with Gasteiger partial charge in [0, 0.05) is 20.6 Å². The first-order chi connectivity index (χ1) is 9.97. The Morgan fingerprint density at radius 3 is 2.48 bits per heavy atom. The van der Waals surface area contributed by atoms with Gasteiger partial charge >= 0.3 is 0 Å². The summed E-state index contributed by atoms with van der Waals surface area (Å²) in [6.45, 7) is 4.57. The summed E-state index contributed by atoms with van der Waals surface area (Å²) in [4.78, 5) is 13.9. The summed E-state index contributed by atoms with van der Waals surface area (Å²) >= 11 is 1.42. The predicted octanol–water partition coefficient (Wildman–Crippen LogP) is 2.18. The normalized spacial score (nSPS) is 10.7. The maximum atomic E-state index is 12.2. The van der Waals surface area contributed by atoms with Crippen molar-refractivity contribution >= 4 is 17.7 Å². The molecule has 0 fully saturated rings. The number of thioether (sulfide) groups is 1. The van der Waals surface area contributed by atoms with Gasteiger partial charge in [0.25, 0.3) is 0 Å². The second-order valence-corrected chi connectivity index (χ2v) is 6.06. The number of carbonyl (C=O) groups is 1. The third kappa shape index (κ3) is 4.07. The van der Waals surface area contributed by atoms with Gasteiger partial charge in [0.2, 0.25) is 5.91 Å². The molecule has 21 heavy (non-hydrogen) atoms. The second-order valence-electron chi connectivity index (χ2n) is 5.11. The highest BCUT2D eigenvalue weighted by Crippen LogP contribution is 2.16. The van der Waals surface area contributed by atoms with E-state index in [9.17, 15) is 4.79 Å². The quantitative estimate of drug-likeness (QED) is 0.795. The van der Waals surface area contributed by atoms with Crippen LogP contribution in [0.2, 0.25) is 0 Å². The third-order valence-electron chi connectivity index (χ3n) is 3.34. The van der Waals surface area contributed by atoms with E-state index in [1.165, 1.54) is 17.3 Å². The Balaban J connectivity index is 1.88. The molecule has 0 bridgehead atoms. The van der Waals surface area contributed by atoms with Crippen LogP contribution in [0.4, 0.5) is 0 Å². The maximum Gasteiger partial charge on any atom is 0.233 e. The Morgan fingerprint density at radius 1 is 1.24 bits per heavy atom. The van der Waals surface area contributed by atoms with E-state index in [1.54, 1.807) is 4.90 Å². The Labute approximate surface area is 129 Å². The average molecular weight is 304 g/mol. The molecule has 5 nitrogen and oxygen atoms in total. The Morgan fingerprint density at radius 2 is 1.90 bits per heavy atom. The van der Waals surface area contributed by atoms with Crippen molar-refractivity contribution < 1.29 is 4.79 Å². The summed E-state index contributed by atoms with van der Waals surface area (Å²) in [5.41, 5.74) is 2.36. The topological polar surface area (TPSA) is 51.0 Å². The van der Waals surface area contributed by atoms with E-state index in [1.807, 2.05) is 25.6 Å². The molecule has 0 N–H and O–H groups in total. The highest BCUT2D eigenvalue weighted by molar-refractivity contribution is 7.99. The number of amides is 1. The molecule has 2 rings (SSSR count). The standard InChI is InChI=1S/C15H20N4OS/c1-11-5-7-13(8-6-11)9-18(3)14(20)10-21-15-17-16-12(2)19(15)4/h5-8H,9-10H2,1-4H3. The summed E-state index contributed by atoms with van der Waals surface area (Å²) in [7, 11) is 3.73. The van der Waals surface area contributed by atoms with Crippen LogP contribution < -0.4 is 0 Å². The minimum atomic E-state index is 0.0845. The molecule has 112 valence electrons. The first-order valence-electron chi connectivity index (χ1n) is 6.75. The van der Waals surface area contributed by atoms with Crippen LogP contribution >= 0.6 is 11.8 Å². The lowest BCUT2D eigenvalue weighted by molar-refractivity contribution is -0.127. The van der Waals surface area contributed by atoms with Crippen LogP contribution in [0, 0.1) is 13.8 Å². The van der Waals surface area contributed by atoms with Crippen molar-refractivity contribution in [1.29, 1.82) is 0 Å². The molecule has 0 atom stereocenters. The zero-order valence-electron chi connectivity index (χ0n) is 12.8. The van der Waals surface area contributed by atoms with E-state index in [0.29, 0.717) is 12.3 Å². The predicted molar refractivity (Wildman–Crippen MR) is 84.1 cm³/mol. The summed E-state index contributed by atoms with van der Waals surface area (Å²) in [6, 6.07) is 8.23. The van der Waals surface area contributed by atoms with Gasteiger partial charge in [-0.1, -0.05) is 41.6 Å². The molecular formula is C15H20N4OS. The second kappa shape index (κ2) is 6.76. The minimum Gasteiger partial charge on any atom is -0.341 e. The first-order valence-corrected chi connectivity index (χ1v) is 7.74. The van der Waals surface area contributed by atoms with Gasteiger partial charge in [-0.25, -0.2) is 0 Å². The van der Waals surface area contributed by atoms with Crippen LogP contribution in [0.25, 0.3) is 0 Å². The maximum absolute atomic E-state index is 12.2. The van der Waals surface area contributed by atoms with Crippen molar-refractivity contribution in [1.82, 2.24) is 19.7 Å². The zero-order chi connectivity index (χ0) is 15.4. The number of aryl methyl sites for hydroxylation is 2. The number of rotatable bonds is 5. The molecule has 1 heterocycles. The van der Waals surface area contributed by atoms with Crippen LogP contribution in [0.5, 0.6) is 0 Å². The van der Waals surface area contributed by atoms with Crippen molar-refractivity contribution in [3.8, 4) is 0 Å². The monoisotopic (exact) mass is 304 g/mol. The van der Waals surface area contributed by atoms with Gasteiger partial charge in [-0.15, -0.1) is 10.2 Å². The molecule has 1 aromatic heterocycles. The van der Waals surface area contributed by atoms with Crippen molar-refractivity contribution in [2.24, 2.45) is 7.05 Å². The number of aromatic nitrogens is 3. The van der Waals surface area contributed by atoms with Gasteiger partial charge in [0.05, 0.1) is 5.75 Å². The molecule has 0 saturated heterocycles. The summed E-state index contributed by atoms with van der Waals surface area (Å²) in [5, 5.41) is 8.80. The fourth-order valence-electron chi connectivity index (χ4n) is 1.81. The fraction of sp³-hybridized carbons (Fsp3) is 0.400. The summed E-state index contributed by atoms with van der Waals surface area (Å²) < 4.78 is 1.89. The fourth-order valence-corrected chi connectivity index (χ4v) is 2.70.